The molecular formula is C19H25N3O3S. The van der Waals surface area contributed by atoms with Crippen molar-refractivity contribution in [2.75, 3.05) is 17.7 Å². The van der Waals surface area contributed by atoms with Gasteiger partial charge in [-0.05, 0) is 43.0 Å². The topological polar surface area (TPSA) is 82.4 Å². The van der Waals surface area contributed by atoms with Gasteiger partial charge >= 0.3 is 12.0 Å². The first-order valence-electron chi connectivity index (χ1n) is 8.84. The number of benzene rings is 1. The van der Waals surface area contributed by atoms with Crippen molar-refractivity contribution >= 4 is 29.4 Å². The fourth-order valence-electron chi connectivity index (χ4n) is 2.72. The summed E-state index contributed by atoms with van der Waals surface area (Å²) in [5, 5.41) is 11.6. The lowest BCUT2D eigenvalue weighted by molar-refractivity contribution is -0.147. The monoisotopic (exact) mass is 375 g/mol. The largest absolute Gasteiger partial charge is 0.464 e. The number of nitrogens with zero attached hydrogens (tertiary/aromatic N) is 2. The molecule has 0 radical (unpaired) electrons. The Kier molecular flexibility index (Phi) is 7.34. The Labute approximate surface area is 158 Å². The van der Waals surface area contributed by atoms with Crippen LogP contribution in [0.3, 0.4) is 0 Å². The highest BCUT2D eigenvalue weighted by molar-refractivity contribution is 8.00. The maximum Gasteiger partial charge on any atom is 0.329 e. The smallest absolute Gasteiger partial charge is 0.329 e. The van der Waals surface area contributed by atoms with Gasteiger partial charge in [0.2, 0.25) is 0 Å². The van der Waals surface area contributed by atoms with E-state index in [0.717, 1.165) is 12.8 Å². The van der Waals surface area contributed by atoms with Crippen molar-refractivity contribution in [1.29, 1.82) is 5.26 Å². The normalized spacial score (nSPS) is 19.3. The van der Waals surface area contributed by atoms with E-state index in [0.29, 0.717) is 29.5 Å². The number of esters is 1. The molecule has 1 aliphatic rings. The van der Waals surface area contributed by atoms with E-state index in [4.69, 9.17) is 10.00 Å². The van der Waals surface area contributed by atoms with Gasteiger partial charge in [-0.2, -0.15) is 5.26 Å². The van der Waals surface area contributed by atoms with E-state index < -0.39 is 6.04 Å². The summed E-state index contributed by atoms with van der Waals surface area (Å²) in [5.74, 6) is 0.601. The lowest BCUT2D eigenvalue weighted by Gasteiger charge is -2.29. The summed E-state index contributed by atoms with van der Waals surface area (Å²) in [6.45, 7) is 6.49. The molecule has 1 heterocycles. The quantitative estimate of drug-likeness (QED) is 0.764. The van der Waals surface area contributed by atoms with E-state index in [1.54, 1.807) is 40.9 Å². The summed E-state index contributed by atoms with van der Waals surface area (Å²) in [5.41, 5.74) is 1.12. The van der Waals surface area contributed by atoms with Crippen molar-refractivity contribution in [3.63, 3.8) is 0 Å². The Morgan fingerprint density at radius 2 is 2.08 bits per heavy atom. The molecule has 1 saturated heterocycles. The molecule has 7 heteroatoms. The molecule has 1 aromatic rings. The Hall–Kier alpha value is -2.20. The minimum absolute atomic E-state index is 0.0624. The number of carbonyl (C=O) groups is 2. The molecule has 1 aromatic carbocycles. The van der Waals surface area contributed by atoms with Crippen molar-refractivity contribution in [2.24, 2.45) is 5.92 Å². The van der Waals surface area contributed by atoms with E-state index in [9.17, 15) is 9.59 Å². The molecule has 0 spiro atoms. The van der Waals surface area contributed by atoms with Crippen LogP contribution in [0.2, 0.25) is 0 Å². The molecule has 140 valence electrons. The van der Waals surface area contributed by atoms with E-state index >= 15 is 0 Å². The number of hydrogen-bond acceptors (Lipinski definition) is 5. The molecule has 0 bridgehead atoms. The minimum Gasteiger partial charge on any atom is -0.464 e. The van der Waals surface area contributed by atoms with E-state index in [2.05, 4.69) is 19.2 Å². The Morgan fingerprint density at radius 3 is 2.65 bits per heavy atom. The minimum atomic E-state index is -0.575. The zero-order valence-electron chi connectivity index (χ0n) is 15.4. The van der Waals surface area contributed by atoms with Crippen LogP contribution in [0.1, 0.15) is 39.2 Å². The highest BCUT2D eigenvalue weighted by atomic mass is 32.2. The maximum absolute atomic E-state index is 12.9. The number of urea groups is 1. The molecule has 1 N–H and O–H groups in total. The number of hydrogen-bond donors (Lipinski definition) is 1. The molecule has 1 aliphatic heterocycles. The molecule has 2 atom stereocenters. The summed E-state index contributed by atoms with van der Waals surface area (Å²) >= 11 is 1.61. The maximum atomic E-state index is 12.9. The number of rotatable bonds is 6. The molecule has 0 saturated carbocycles. The van der Waals surface area contributed by atoms with E-state index in [1.807, 2.05) is 13.0 Å². The van der Waals surface area contributed by atoms with Crippen molar-refractivity contribution in [3.05, 3.63) is 29.8 Å². The van der Waals surface area contributed by atoms with Gasteiger partial charge in [0.25, 0.3) is 0 Å². The van der Waals surface area contributed by atoms with Crippen molar-refractivity contribution in [2.45, 2.75) is 45.0 Å². The Morgan fingerprint density at radius 1 is 1.38 bits per heavy atom. The van der Waals surface area contributed by atoms with Crippen LogP contribution in [0.15, 0.2) is 24.3 Å². The fourth-order valence-corrected chi connectivity index (χ4v) is 4.34. The lowest BCUT2D eigenvalue weighted by Crippen LogP contribution is -2.48. The van der Waals surface area contributed by atoms with Gasteiger partial charge in [0.1, 0.15) is 6.04 Å². The van der Waals surface area contributed by atoms with Gasteiger partial charge in [0, 0.05) is 11.4 Å². The molecule has 0 aromatic heterocycles. The van der Waals surface area contributed by atoms with E-state index in [1.165, 1.54) is 0 Å². The standard InChI is InChI=1S/C19H25N3O3S/c1-4-9-25-18(23)16-12-26-17(10-13(2)3)22(16)19(24)21-15-7-5-14(11-20)6-8-15/h5-8,13,16-17H,4,9-10,12H2,1-3H3,(H,21,24). The predicted molar refractivity (Wildman–Crippen MR) is 103 cm³/mol. The third-order valence-electron chi connectivity index (χ3n) is 3.99. The van der Waals surface area contributed by atoms with Crippen LogP contribution in [-0.4, -0.2) is 40.7 Å². The van der Waals surface area contributed by atoms with Crippen LogP contribution in [0.25, 0.3) is 0 Å². The third kappa shape index (κ3) is 5.15. The predicted octanol–water partition coefficient (Wildman–Crippen LogP) is 3.83. The van der Waals surface area contributed by atoms with Crippen LogP contribution in [0, 0.1) is 17.2 Å². The van der Waals surface area contributed by atoms with Gasteiger partial charge in [0.15, 0.2) is 0 Å². The van der Waals surface area contributed by atoms with Gasteiger partial charge in [-0.3, -0.25) is 4.90 Å². The molecule has 2 rings (SSSR count). The Balaban J connectivity index is 2.14. The van der Waals surface area contributed by atoms with Crippen LogP contribution < -0.4 is 5.32 Å². The number of thioether (sulfide) groups is 1. The number of ether oxygens (including phenoxy) is 1. The summed E-state index contributed by atoms with van der Waals surface area (Å²) in [4.78, 5) is 26.9. The molecule has 2 amide bonds. The third-order valence-corrected chi connectivity index (χ3v) is 5.30. The zero-order chi connectivity index (χ0) is 19.1. The highest BCUT2D eigenvalue weighted by Gasteiger charge is 2.42. The van der Waals surface area contributed by atoms with Crippen molar-refractivity contribution in [1.82, 2.24) is 4.90 Å². The second-order valence-corrected chi connectivity index (χ2v) is 7.84. The van der Waals surface area contributed by atoms with Crippen LogP contribution in [0.5, 0.6) is 0 Å². The molecular weight excluding hydrogens is 350 g/mol. The van der Waals surface area contributed by atoms with Crippen LogP contribution >= 0.6 is 11.8 Å². The molecule has 2 unspecified atom stereocenters. The summed E-state index contributed by atoms with van der Waals surface area (Å²) in [6.07, 6.45) is 1.56. The molecule has 1 fully saturated rings. The second kappa shape index (κ2) is 9.48. The first-order chi connectivity index (χ1) is 12.5. The van der Waals surface area contributed by atoms with Crippen molar-refractivity contribution < 1.29 is 14.3 Å². The highest BCUT2D eigenvalue weighted by Crippen LogP contribution is 2.34. The van der Waals surface area contributed by atoms with Crippen LogP contribution in [0.4, 0.5) is 10.5 Å². The summed E-state index contributed by atoms with van der Waals surface area (Å²) < 4.78 is 5.28. The average Bonchev–Trinajstić information content (AvgIpc) is 3.03. The average molecular weight is 375 g/mol. The first kappa shape index (κ1) is 20.1. The van der Waals surface area contributed by atoms with Gasteiger partial charge in [-0.1, -0.05) is 20.8 Å². The Bertz CT molecular complexity index is 670. The fraction of sp³-hybridized carbons (Fsp3) is 0.526. The molecule has 0 aliphatic carbocycles. The van der Waals surface area contributed by atoms with Gasteiger partial charge in [0.05, 0.1) is 23.6 Å². The SMILES string of the molecule is CCCOC(=O)C1CSC(CC(C)C)N1C(=O)Nc1ccc(C#N)cc1. The van der Waals surface area contributed by atoms with E-state index in [-0.39, 0.29) is 17.4 Å². The van der Waals surface area contributed by atoms with Gasteiger partial charge < -0.3 is 10.1 Å². The number of nitrogens with one attached hydrogen (secondary N) is 1. The van der Waals surface area contributed by atoms with Gasteiger partial charge in [-0.15, -0.1) is 11.8 Å². The summed E-state index contributed by atoms with van der Waals surface area (Å²) in [6, 6.07) is 7.81. The van der Waals surface area contributed by atoms with Crippen LogP contribution in [-0.2, 0) is 9.53 Å². The number of anilines is 1. The second-order valence-electron chi connectivity index (χ2n) is 6.63. The molecule has 26 heavy (non-hydrogen) atoms. The number of nitriles is 1. The zero-order valence-corrected chi connectivity index (χ0v) is 16.2. The first-order valence-corrected chi connectivity index (χ1v) is 9.88. The van der Waals surface area contributed by atoms with Crippen molar-refractivity contribution in [3.8, 4) is 6.07 Å². The molecule has 6 nitrogen and oxygen atoms in total. The number of carbonyl (C=O) groups excluding carboxylic acids is 2. The lowest BCUT2D eigenvalue weighted by atomic mass is 10.1. The number of amides is 2. The summed E-state index contributed by atoms with van der Waals surface area (Å²) in [7, 11) is 0. The van der Waals surface area contributed by atoms with Gasteiger partial charge in [-0.25, -0.2) is 9.59 Å².